The van der Waals surface area contributed by atoms with Crippen LogP contribution in [-0.2, 0) is 19.4 Å². The fraction of sp³-hybridized carbons (Fsp3) is 0.429. The summed E-state index contributed by atoms with van der Waals surface area (Å²) < 4.78 is 28.3. The second-order valence-electron chi connectivity index (χ2n) is 7.10. The molecule has 142 valence electrons. The molecule has 0 bridgehead atoms. The zero-order valence-corrected chi connectivity index (χ0v) is 15.8. The Labute approximate surface area is 158 Å². The monoisotopic (exact) mass is 369 g/mol. The standard InChI is InChI=1S/C21H23NO5/c1-23-16-5-4-12-8-15-18-13(6-7-22(15)10-14(12)19(16)24-2)9-17-20(21(18)25-3)27-11-26-17/h4-5,9,15H,6-8,10-11H2,1-3H3. The zero-order valence-electron chi connectivity index (χ0n) is 15.8. The van der Waals surface area contributed by atoms with Crippen molar-refractivity contribution in [2.45, 2.75) is 25.4 Å². The van der Waals surface area contributed by atoms with E-state index in [0.717, 1.165) is 54.7 Å². The Morgan fingerprint density at radius 2 is 1.85 bits per heavy atom. The van der Waals surface area contributed by atoms with Gasteiger partial charge in [0.2, 0.25) is 12.5 Å². The Bertz CT molecular complexity index is 910. The van der Waals surface area contributed by atoms with Gasteiger partial charge < -0.3 is 23.7 Å². The summed E-state index contributed by atoms with van der Waals surface area (Å²) in [4.78, 5) is 2.50. The lowest BCUT2D eigenvalue weighted by atomic mass is 9.83. The van der Waals surface area contributed by atoms with Crippen molar-refractivity contribution in [2.75, 3.05) is 34.7 Å². The lowest BCUT2D eigenvalue weighted by Crippen LogP contribution is -2.39. The summed E-state index contributed by atoms with van der Waals surface area (Å²) in [6.07, 6.45) is 1.86. The van der Waals surface area contributed by atoms with Gasteiger partial charge in [-0.2, -0.15) is 0 Å². The molecule has 3 aliphatic heterocycles. The maximum Gasteiger partial charge on any atom is 0.231 e. The van der Waals surface area contributed by atoms with Crippen molar-refractivity contribution in [3.63, 3.8) is 0 Å². The summed E-state index contributed by atoms with van der Waals surface area (Å²) >= 11 is 0. The van der Waals surface area contributed by atoms with Crippen molar-refractivity contribution < 1.29 is 23.7 Å². The normalized spacial score (nSPS) is 19.7. The van der Waals surface area contributed by atoms with E-state index < -0.39 is 0 Å². The van der Waals surface area contributed by atoms with E-state index in [1.807, 2.05) is 6.07 Å². The molecule has 1 unspecified atom stereocenters. The van der Waals surface area contributed by atoms with Crippen LogP contribution >= 0.6 is 0 Å². The molecule has 0 saturated carbocycles. The quantitative estimate of drug-likeness (QED) is 0.829. The maximum atomic E-state index is 5.80. The fourth-order valence-electron chi connectivity index (χ4n) is 4.68. The van der Waals surface area contributed by atoms with Gasteiger partial charge in [0.25, 0.3) is 0 Å². The topological polar surface area (TPSA) is 49.4 Å². The first kappa shape index (κ1) is 16.6. The number of hydrogen-bond donors (Lipinski definition) is 0. The number of hydrogen-bond acceptors (Lipinski definition) is 6. The molecule has 6 heteroatoms. The molecular weight excluding hydrogens is 346 g/mol. The van der Waals surface area contributed by atoms with Gasteiger partial charge in [0.1, 0.15) is 0 Å². The number of ether oxygens (including phenoxy) is 5. The average molecular weight is 369 g/mol. The Balaban J connectivity index is 1.62. The summed E-state index contributed by atoms with van der Waals surface area (Å²) in [5, 5.41) is 0. The molecule has 0 fully saturated rings. The van der Waals surface area contributed by atoms with Gasteiger partial charge in [0.05, 0.1) is 21.3 Å². The molecule has 0 aliphatic carbocycles. The Kier molecular flexibility index (Phi) is 3.82. The van der Waals surface area contributed by atoms with Crippen LogP contribution in [0.2, 0.25) is 0 Å². The predicted molar refractivity (Wildman–Crippen MR) is 99.2 cm³/mol. The molecule has 0 amide bonds. The number of benzene rings is 2. The van der Waals surface area contributed by atoms with E-state index in [4.69, 9.17) is 23.7 Å². The minimum atomic E-state index is 0.253. The van der Waals surface area contributed by atoms with Gasteiger partial charge in [0, 0.05) is 30.3 Å². The lowest BCUT2D eigenvalue weighted by Gasteiger charge is -2.42. The van der Waals surface area contributed by atoms with Crippen LogP contribution < -0.4 is 23.7 Å². The van der Waals surface area contributed by atoms with E-state index in [2.05, 4.69) is 17.0 Å². The van der Waals surface area contributed by atoms with Crippen LogP contribution in [0.4, 0.5) is 0 Å². The highest BCUT2D eigenvalue weighted by Crippen LogP contribution is 2.52. The predicted octanol–water partition coefficient (Wildman–Crippen LogP) is 3.10. The van der Waals surface area contributed by atoms with Crippen LogP contribution in [0, 0.1) is 0 Å². The van der Waals surface area contributed by atoms with Crippen LogP contribution in [0.1, 0.15) is 28.3 Å². The zero-order chi connectivity index (χ0) is 18.5. The fourth-order valence-corrected chi connectivity index (χ4v) is 4.68. The third-order valence-electron chi connectivity index (χ3n) is 5.91. The van der Waals surface area contributed by atoms with E-state index in [1.54, 1.807) is 21.3 Å². The van der Waals surface area contributed by atoms with Crippen molar-refractivity contribution in [3.8, 4) is 28.7 Å². The second-order valence-corrected chi connectivity index (χ2v) is 7.10. The lowest BCUT2D eigenvalue weighted by molar-refractivity contribution is 0.152. The third kappa shape index (κ3) is 2.36. The molecule has 1 atom stereocenters. The summed E-state index contributed by atoms with van der Waals surface area (Å²) in [6, 6.07) is 6.53. The molecule has 3 aliphatic rings. The van der Waals surface area contributed by atoms with Crippen LogP contribution in [0.3, 0.4) is 0 Å². The number of fused-ring (bicyclic) bond motifs is 5. The Hall–Kier alpha value is -2.60. The van der Waals surface area contributed by atoms with E-state index in [9.17, 15) is 0 Å². The molecule has 0 spiro atoms. The molecule has 0 saturated heterocycles. The largest absolute Gasteiger partial charge is 0.493 e. The summed E-state index contributed by atoms with van der Waals surface area (Å²) in [6.45, 7) is 2.07. The SMILES string of the molecule is COc1ccc2c(c1OC)CN1CCc3cc4c(c(OC)c3C1C2)OCO4. The number of rotatable bonds is 3. The summed E-state index contributed by atoms with van der Waals surface area (Å²) in [7, 11) is 5.10. The van der Waals surface area contributed by atoms with Gasteiger partial charge >= 0.3 is 0 Å². The van der Waals surface area contributed by atoms with E-state index in [1.165, 1.54) is 22.3 Å². The van der Waals surface area contributed by atoms with Crippen molar-refractivity contribution in [2.24, 2.45) is 0 Å². The molecule has 0 radical (unpaired) electrons. The van der Waals surface area contributed by atoms with Crippen LogP contribution in [-0.4, -0.2) is 39.6 Å². The van der Waals surface area contributed by atoms with Gasteiger partial charge in [-0.25, -0.2) is 0 Å². The molecule has 2 aromatic rings. The smallest absolute Gasteiger partial charge is 0.231 e. The second kappa shape index (κ2) is 6.23. The van der Waals surface area contributed by atoms with E-state index in [0.29, 0.717) is 0 Å². The number of methoxy groups -OCH3 is 3. The van der Waals surface area contributed by atoms with Crippen molar-refractivity contribution in [3.05, 3.63) is 40.5 Å². The molecule has 27 heavy (non-hydrogen) atoms. The molecule has 0 aromatic heterocycles. The highest BCUT2D eigenvalue weighted by atomic mass is 16.7. The van der Waals surface area contributed by atoms with Crippen LogP contribution in [0.5, 0.6) is 28.7 Å². The highest BCUT2D eigenvalue weighted by molar-refractivity contribution is 5.63. The van der Waals surface area contributed by atoms with Crippen molar-refractivity contribution in [1.29, 1.82) is 0 Å². The first-order valence-electron chi connectivity index (χ1n) is 9.21. The van der Waals surface area contributed by atoms with Gasteiger partial charge in [-0.05, 0) is 36.1 Å². The summed E-state index contributed by atoms with van der Waals surface area (Å²) in [5.41, 5.74) is 5.03. The highest BCUT2D eigenvalue weighted by Gasteiger charge is 2.38. The third-order valence-corrected chi connectivity index (χ3v) is 5.91. The van der Waals surface area contributed by atoms with Crippen molar-refractivity contribution >= 4 is 0 Å². The van der Waals surface area contributed by atoms with Crippen molar-refractivity contribution in [1.82, 2.24) is 4.90 Å². The summed E-state index contributed by atoms with van der Waals surface area (Å²) in [5.74, 6) is 3.97. The molecule has 2 aromatic carbocycles. The molecular formula is C21H23NO5. The van der Waals surface area contributed by atoms with E-state index >= 15 is 0 Å². The Morgan fingerprint density at radius 1 is 1.00 bits per heavy atom. The molecule has 0 N–H and O–H groups in total. The Morgan fingerprint density at radius 3 is 2.63 bits per heavy atom. The van der Waals surface area contributed by atoms with Gasteiger partial charge in [0.15, 0.2) is 23.0 Å². The minimum absolute atomic E-state index is 0.253. The van der Waals surface area contributed by atoms with Gasteiger partial charge in [-0.3, -0.25) is 4.90 Å². The molecule has 6 nitrogen and oxygen atoms in total. The van der Waals surface area contributed by atoms with Crippen LogP contribution in [0.25, 0.3) is 0 Å². The minimum Gasteiger partial charge on any atom is -0.493 e. The maximum absolute atomic E-state index is 5.80. The molecule has 3 heterocycles. The average Bonchev–Trinajstić information content (AvgIpc) is 3.17. The van der Waals surface area contributed by atoms with Crippen LogP contribution in [0.15, 0.2) is 18.2 Å². The van der Waals surface area contributed by atoms with Gasteiger partial charge in [-0.15, -0.1) is 0 Å². The first-order chi connectivity index (χ1) is 13.2. The molecule has 5 rings (SSSR count). The first-order valence-corrected chi connectivity index (χ1v) is 9.21. The number of nitrogens with zero attached hydrogens (tertiary/aromatic N) is 1. The van der Waals surface area contributed by atoms with E-state index in [-0.39, 0.29) is 12.8 Å². The van der Waals surface area contributed by atoms with Gasteiger partial charge in [-0.1, -0.05) is 6.07 Å².